The van der Waals surface area contributed by atoms with Gasteiger partial charge in [0.05, 0.1) is 0 Å². The lowest BCUT2D eigenvalue weighted by Crippen LogP contribution is -2.13. The lowest BCUT2D eigenvalue weighted by atomic mass is 10.2. The van der Waals surface area contributed by atoms with Gasteiger partial charge in [-0.1, -0.05) is 24.3 Å². The van der Waals surface area contributed by atoms with Crippen molar-refractivity contribution in [3.05, 3.63) is 66.0 Å². The van der Waals surface area contributed by atoms with Crippen molar-refractivity contribution in [1.82, 2.24) is 9.88 Å². The van der Waals surface area contributed by atoms with Gasteiger partial charge in [0.1, 0.15) is 0 Å². The summed E-state index contributed by atoms with van der Waals surface area (Å²) >= 11 is 0. The highest BCUT2D eigenvalue weighted by Crippen LogP contribution is 2.20. The van der Waals surface area contributed by atoms with E-state index in [1.807, 2.05) is 12.1 Å². The second-order valence-corrected chi connectivity index (χ2v) is 4.49. The Morgan fingerprint density at radius 3 is 2.61 bits per heavy atom. The summed E-state index contributed by atoms with van der Waals surface area (Å²) in [6.45, 7) is 9.77. The average Bonchev–Trinajstić information content (AvgIpc) is 2.66. The van der Waals surface area contributed by atoms with Crippen LogP contribution in [0.4, 0.5) is 0 Å². The van der Waals surface area contributed by atoms with Crippen molar-refractivity contribution >= 4 is 0 Å². The monoisotopic (exact) mass is 240 g/mol. The molecule has 2 aromatic rings. The highest BCUT2D eigenvalue weighted by atomic mass is 15.0. The first kappa shape index (κ1) is 12.7. The molecule has 94 valence electrons. The Kier molecular flexibility index (Phi) is 4.00. The third-order valence-electron chi connectivity index (χ3n) is 3.15. The van der Waals surface area contributed by atoms with Gasteiger partial charge < -0.3 is 9.88 Å². The molecule has 2 rings (SSSR count). The molecule has 0 spiro atoms. The molecule has 2 nitrogen and oxygen atoms in total. The van der Waals surface area contributed by atoms with Gasteiger partial charge in [0.25, 0.3) is 0 Å². The average molecular weight is 240 g/mol. The molecule has 1 heterocycles. The summed E-state index contributed by atoms with van der Waals surface area (Å²) in [6, 6.07) is 12.7. The standard InChI is InChI=1S/C16H20N2/c1-4-10-17-12-15-11-13(2)18(14(15)3)16-8-6-5-7-9-16/h4-9,11,17H,1,10,12H2,2-3H3. The summed E-state index contributed by atoms with van der Waals surface area (Å²) < 4.78 is 2.30. The first-order valence-corrected chi connectivity index (χ1v) is 6.29. The van der Waals surface area contributed by atoms with Crippen molar-refractivity contribution in [1.29, 1.82) is 0 Å². The molecule has 1 aromatic carbocycles. The quantitative estimate of drug-likeness (QED) is 0.626. The Labute approximate surface area is 109 Å². The van der Waals surface area contributed by atoms with Gasteiger partial charge >= 0.3 is 0 Å². The lowest BCUT2D eigenvalue weighted by molar-refractivity contribution is 0.754. The smallest absolute Gasteiger partial charge is 0.0455 e. The second-order valence-electron chi connectivity index (χ2n) is 4.49. The van der Waals surface area contributed by atoms with Gasteiger partial charge in [-0.2, -0.15) is 0 Å². The maximum absolute atomic E-state index is 3.72. The minimum Gasteiger partial charge on any atom is -0.318 e. The molecular formula is C16H20N2. The molecule has 0 atom stereocenters. The van der Waals surface area contributed by atoms with Crippen LogP contribution in [0.15, 0.2) is 49.1 Å². The highest BCUT2D eigenvalue weighted by Gasteiger charge is 2.09. The fourth-order valence-electron chi connectivity index (χ4n) is 2.29. The van der Waals surface area contributed by atoms with E-state index in [4.69, 9.17) is 0 Å². The first-order valence-electron chi connectivity index (χ1n) is 6.29. The minimum atomic E-state index is 0.842. The van der Waals surface area contributed by atoms with Crippen molar-refractivity contribution in [2.45, 2.75) is 20.4 Å². The van der Waals surface area contributed by atoms with Crippen LogP contribution >= 0.6 is 0 Å². The molecule has 0 radical (unpaired) electrons. The zero-order valence-corrected chi connectivity index (χ0v) is 11.1. The van der Waals surface area contributed by atoms with Crippen LogP contribution in [0.2, 0.25) is 0 Å². The number of rotatable bonds is 5. The fourth-order valence-corrected chi connectivity index (χ4v) is 2.29. The Morgan fingerprint density at radius 1 is 1.22 bits per heavy atom. The van der Waals surface area contributed by atoms with Gasteiger partial charge in [0.2, 0.25) is 0 Å². The van der Waals surface area contributed by atoms with E-state index in [9.17, 15) is 0 Å². The maximum atomic E-state index is 3.72. The number of benzene rings is 1. The zero-order chi connectivity index (χ0) is 13.0. The van der Waals surface area contributed by atoms with Crippen molar-refractivity contribution in [2.24, 2.45) is 0 Å². The molecule has 0 aliphatic carbocycles. The van der Waals surface area contributed by atoms with E-state index in [1.165, 1.54) is 22.6 Å². The highest BCUT2D eigenvalue weighted by molar-refractivity contribution is 5.40. The van der Waals surface area contributed by atoms with Crippen LogP contribution < -0.4 is 5.32 Å². The Balaban J connectivity index is 2.29. The SMILES string of the molecule is C=CCNCc1cc(C)n(-c2ccccc2)c1C. The molecule has 1 aromatic heterocycles. The Morgan fingerprint density at radius 2 is 1.94 bits per heavy atom. The molecule has 0 fully saturated rings. The number of hydrogen-bond donors (Lipinski definition) is 1. The topological polar surface area (TPSA) is 17.0 Å². The fraction of sp³-hybridized carbons (Fsp3) is 0.250. The van der Waals surface area contributed by atoms with Crippen LogP contribution in [0.25, 0.3) is 5.69 Å². The van der Waals surface area contributed by atoms with Crippen molar-refractivity contribution in [3.8, 4) is 5.69 Å². The number of nitrogens with zero attached hydrogens (tertiary/aromatic N) is 1. The lowest BCUT2D eigenvalue weighted by Gasteiger charge is -2.09. The van der Waals surface area contributed by atoms with Crippen molar-refractivity contribution in [2.75, 3.05) is 6.54 Å². The van der Waals surface area contributed by atoms with Crippen LogP contribution in [0, 0.1) is 13.8 Å². The predicted octanol–water partition coefficient (Wildman–Crippen LogP) is 3.37. The number of aryl methyl sites for hydroxylation is 1. The number of para-hydroxylation sites is 1. The molecule has 0 bridgehead atoms. The summed E-state index contributed by atoms with van der Waals surface area (Å²) in [6.07, 6.45) is 1.89. The normalized spacial score (nSPS) is 10.6. The largest absolute Gasteiger partial charge is 0.318 e. The van der Waals surface area contributed by atoms with Gasteiger partial charge in [0.15, 0.2) is 0 Å². The maximum Gasteiger partial charge on any atom is 0.0455 e. The molecule has 0 unspecified atom stereocenters. The van der Waals surface area contributed by atoms with Crippen LogP contribution in [0.5, 0.6) is 0 Å². The van der Waals surface area contributed by atoms with E-state index >= 15 is 0 Å². The van der Waals surface area contributed by atoms with Gasteiger partial charge in [0, 0.05) is 30.2 Å². The zero-order valence-electron chi connectivity index (χ0n) is 11.1. The van der Waals surface area contributed by atoms with E-state index in [2.05, 4.69) is 60.6 Å². The summed E-state index contributed by atoms with van der Waals surface area (Å²) in [7, 11) is 0. The van der Waals surface area contributed by atoms with Gasteiger partial charge in [-0.3, -0.25) is 0 Å². The van der Waals surface area contributed by atoms with E-state index in [0.717, 1.165) is 13.1 Å². The summed E-state index contributed by atoms with van der Waals surface area (Å²) in [5.41, 5.74) is 5.14. The van der Waals surface area contributed by atoms with E-state index in [0.29, 0.717) is 0 Å². The molecule has 1 N–H and O–H groups in total. The van der Waals surface area contributed by atoms with Crippen LogP contribution in [0.3, 0.4) is 0 Å². The first-order chi connectivity index (χ1) is 8.74. The second kappa shape index (κ2) is 5.69. The molecular weight excluding hydrogens is 220 g/mol. The van der Waals surface area contributed by atoms with Crippen LogP contribution in [0.1, 0.15) is 17.0 Å². The third-order valence-corrected chi connectivity index (χ3v) is 3.15. The minimum absolute atomic E-state index is 0.842. The Bertz CT molecular complexity index is 524. The number of hydrogen-bond acceptors (Lipinski definition) is 1. The van der Waals surface area contributed by atoms with Crippen LogP contribution in [-0.4, -0.2) is 11.1 Å². The molecule has 0 aliphatic rings. The molecule has 18 heavy (non-hydrogen) atoms. The van der Waals surface area contributed by atoms with Gasteiger partial charge in [-0.15, -0.1) is 6.58 Å². The van der Waals surface area contributed by atoms with Crippen molar-refractivity contribution in [3.63, 3.8) is 0 Å². The molecule has 0 saturated carbocycles. The summed E-state index contributed by atoms with van der Waals surface area (Å²) in [5, 5.41) is 3.35. The number of aromatic nitrogens is 1. The Hall–Kier alpha value is -1.80. The molecule has 0 saturated heterocycles. The van der Waals surface area contributed by atoms with Gasteiger partial charge in [-0.05, 0) is 37.6 Å². The summed E-state index contributed by atoms with van der Waals surface area (Å²) in [4.78, 5) is 0. The van der Waals surface area contributed by atoms with Crippen molar-refractivity contribution < 1.29 is 0 Å². The molecule has 0 aliphatic heterocycles. The van der Waals surface area contributed by atoms with Gasteiger partial charge in [-0.25, -0.2) is 0 Å². The third kappa shape index (κ3) is 2.54. The molecule has 0 amide bonds. The predicted molar refractivity (Wildman–Crippen MR) is 77.1 cm³/mol. The summed E-state index contributed by atoms with van der Waals surface area (Å²) in [5.74, 6) is 0. The van der Waals surface area contributed by atoms with Crippen LogP contribution in [-0.2, 0) is 6.54 Å². The van der Waals surface area contributed by atoms with E-state index in [1.54, 1.807) is 0 Å². The van der Waals surface area contributed by atoms with E-state index in [-0.39, 0.29) is 0 Å². The molecule has 2 heteroatoms. The number of nitrogens with one attached hydrogen (secondary N) is 1. The van der Waals surface area contributed by atoms with E-state index < -0.39 is 0 Å².